The topological polar surface area (TPSA) is 55.1 Å². The van der Waals surface area contributed by atoms with Crippen LogP contribution in [0.4, 0.5) is 0 Å². The van der Waals surface area contributed by atoms with E-state index in [1.807, 2.05) is 25.2 Å². The van der Waals surface area contributed by atoms with E-state index < -0.39 is 5.97 Å². The summed E-state index contributed by atoms with van der Waals surface area (Å²) in [6.07, 6.45) is 2.31. The fraction of sp³-hybridized carbons (Fsp3) is 0.429. The van der Waals surface area contributed by atoms with Crippen LogP contribution in [0.2, 0.25) is 5.02 Å². The first-order chi connectivity index (χ1) is 9.06. The van der Waals surface area contributed by atoms with Gasteiger partial charge in [-0.15, -0.1) is 0 Å². The van der Waals surface area contributed by atoms with Gasteiger partial charge in [0.15, 0.2) is 0 Å². The van der Waals surface area contributed by atoms with Gasteiger partial charge in [0.05, 0.1) is 17.0 Å². The van der Waals surface area contributed by atoms with Crippen molar-refractivity contribution >= 4 is 28.6 Å². The van der Waals surface area contributed by atoms with Crippen molar-refractivity contribution in [2.24, 2.45) is 13.0 Å². The molecule has 1 aromatic heterocycles. The Morgan fingerprint density at radius 2 is 2.26 bits per heavy atom. The molecule has 1 aliphatic carbocycles. The molecule has 4 nitrogen and oxygen atoms in total. The number of rotatable bonds is 2. The van der Waals surface area contributed by atoms with Gasteiger partial charge in [-0.1, -0.05) is 11.6 Å². The number of hydrogen-bond donors (Lipinski definition) is 1. The van der Waals surface area contributed by atoms with Gasteiger partial charge in [0.1, 0.15) is 5.82 Å². The van der Waals surface area contributed by atoms with Crippen molar-refractivity contribution in [3.05, 3.63) is 29.0 Å². The lowest BCUT2D eigenvalue weighted by Gasteiger charge is -2.09. The van der Waals surface area contributed by atoms with Crippen molar-refractivity contribution in [1.29, 1.82) is 0 Å². The molecule has 5 heteroatoms. The third-order valence-electron chi connectivity index (χ3n) is 4.02. The van der Waals surface area contributed by atoms with E-state index in [1.54, 1.807) is 0 Å². The molecular weight excluding hydrogens is 264 g/mol. The highest BCUT2D eigenvalue weighted by atomic mass is 35.5. The number of carbonyl (C=O) groups is 1. The van der Waals surface area contributed by atoms with Crippen LogP contribution in [0.25, 0.3) is 11.0 Å². The summed E-state index contributed by atoms with van der Waals surface area (Å²) < 4.78 is 2.06. The average molecular weight is 279 g/mol. The minimum absolute atomic E-state index is 0.228. The van der Waals surface area contributed by atoms with Crippen LogP contribution in [0.1, 0.15) is 31.0 Å². The molecule has 2 aromatic rings. The molecule has 2 unspecified atom stereocenters. The zero-order chi connectivity index (χ0) is 13.6. The Morgan fingerprint density at radius 3 is 2.95 bits per heavy atom. The Hall–Kier alpha value is -1.55. The van der Waals surface area contributed by atoms with Crippen molar-refractivity contribution in [3.8, 4) is 0 Å². The van der Waals surface area contributed by atoms with E-state index in [1.165, 1.54) is 0 Å². The van der Waals surface area contributed by atoms with Gasteiger partial charge in [0.25, 0.3) is 0 Å². The molecule has 0 aliphatic heterocycles. The van der Waals surface area contributed by atoms with Crippen molar-refractivity contribution in [1.82, 2.24) is 9.55 Å². The standard InChI is InChI=1S/C14H15ClN2O2/c1-17-12-5-4-10(15)7-11(12)16-13(17)8-2-3-9(6-8)14(18)19/h4-5,7-9H,2-3,6H2,1H3,(H,18,19). The van der Waals surface area contributed by atoms with Crippen molar-refractivity contribution in [2.45, 2.75) is 25.2 Å². The Balaban J connectivity index is 1.97. The van der Waals surface area contributed by atoms with Gasteiger partial charge in [-0.3, -0.25) is 4.79 Å². The lowest BCUT2D eigenvalue weighted by atomic mass is 10.0. The van der Waals surface area contributed by atoms with Gasteiger partial charge in [-0.25, -0.2) is 4.98 Å². The summed E-state index contributed by atoms with van der Waals surface area (Å²) in [5.41, 5.74) is 1.92. The zero-order valence-corrected chi connectivity index (χ0v) is 11.4. The molecule has 0 bridgehead atoms. The van der Waals surface area contributed by atoms with Crippen molar-refractivity contribution in [3.63, 3.8) is 0 Å². The van der Waals surface area contributed by atoms with Gasteiger partial charge in [0, 0.05) is 18.0 Å². The van der Waals surface area contributed by atoms with Crippen LogP contribution < -0.4 is 0 Å². The second-order valence-corrected chi connectivity index (χ2v) is 5.64. The van der Waals surface area contributed by atoms with E-state index in [4.69, 9.17) is 16.7 Å². The number of carboxylic acids is 1. The first-order valence-corrected chi connectivity index (χ1v) is 6.78. The first kappa shape index (κ1) is 12.5. The van der Waals surface area contributed by atoms with Crippen molar-refractivity contribution < 1.29 is 9.90 Å². The molecule has 2 atom stereocenters. The fourth-order valence-electron chi connectivity index (χ4n) is 3.00. The number of carboxylic acid groups (broad SMARTS) is 1. The summed E-state index contributed by atoms with van der Waals surface area (Å²) in [5.74, 6) is 0.288. The maximum absolute atomic E-state index is 11.0. The third-order valence-corrected chi connectivity index (χ3v) is 4.26. The van der Waals surface area contributed by atoms with Crippen LogP contribution in [0.3, 0.4) is 0 Å². The maximum atomic E-state index is 11.0. The number of aliphatic carboxylic acids is 1. The molecule has 0 radical (unpaired) electrons. The van der Waals surface area contributed by atoms with Crippen LogP contribution in [0, 0.1) is 5.92 Å². The second-order valence-electron chi connectivity index (χ2n) is 5.21. The molecule has 1 saturated carbocycles. The van der Waals surface area contributed by atoms with Crippen LogP contribution >= 0.6 is 11.6 Å². The molecule has 0 amide bonds. The summed E-state index contributed by atoms with van der Waals surface area (Å²) in [6.45, 7) is 0. The number of halogens is 1. The first-order valence-electron chi connectivity index (χ1n) is 6.41. The third kappa shape index (κ3) is 2.10. The molecule has 1 fully saturated rings. The summed E-state index contributed by atoms with van der Waals surface area (Å²) >= 11 is 5.98. The number of imidazole rings is 1. The molecule has 1 heterocycles. The number of hydrogen-bond acceptors (Lipinski definition) is 2. The second kappa shape index (κ2) is 4.53. The van der Waals surface area contributed by atoms with E-state index in [2.05, 4.69) is 9.55 Å². The van der Waals surface area contributed by atoms with Gasteiger partial charge >= 0.3 is 5.97 Å². The molecule has 1 N–H and O–H groups in total. The smallest absolute Gasteiger partial charge is 0.306 e. The Morgan fingerprint density at radius 1 is 1.47 bits per heavy atom. The Bertz CT molecular complexity index is 650. The lowest BCUT2D eigenvalue weighted by Crippen LogP contribution is -2.10. The molecule has 100 valence electrons. The van der Waals surface area contributed by atoms with E-state index in [0.717, 1.165) is 29.7 Å². The summed E-state index contributed by atoms with van der Waals surface area (Å²) in [4.78, 5) is 15.7. The predicted octanol–water partition coefficient (Wildman–Crippen LogP) is 3.20. The van der Waals surface area contributed by atoms with Gasteiger partial charge in [-0.2, -0.15) is 0 Å². The predicted molar refractivity (Wildman–Crippen MR) is 73.4 cm³/mol. The van der Waals surface area contributed by atoms with Crippen LogP contribution in [-0.2, 0) is 11.8 Å². The minimum atomic E-state index is -0.690. The molecule has 1 aromatic carbocycles. The molecular formula is C14H15ClN2O2. The van der Waals surface area contributed by atoms with Crippen molar-refractivity contribution in [2.75, 3.05) is 0 Å². The minimum Gasteiger partial charge on any atom is -0.481 e. The van der Waals surface area contributed by atoms with E-state index in [0.29, 0.717) is 11.4 Å². The molecule has 0 saturated heterocycles. The van der Waals surface area contributed by atoms with E-state index >= 15 is 0 Å². The van der Waals surface area contributed by atoms with Crippen LogP contribution in [0.5, 0.6) is 0 Å². The van der Waals surface area contributed by atoms with E-state index in [9.17, 15) is 4.79 Å². The van der Waals surface area contributed by atoms with E-state index in [-0.39, 0.29) is 11.8 Å². The summed E-state index contributed by atoms with van der Waals surface area (Å²) in [6, 6.07) is 5.66. The molecule has 19 heavy (non-hydrogen) atoms. The van der Waals surface area contributed by atoms with Gasteiger partial charge in [-0.05, 0) is 37.5 Å². The monoisotopic (exact) mass is 278 g/mol. The quantitative estimate of drug-likeness (QED) is 0.918. The Labute approximate surface area is 116 Å². The highest BCUT2D eigenvalue weighted by Crippen LogP contribution is 2.38. The largest absolute Gasteiger partial charge is 0.481 e. The summed E-state index contributed by atoms with van der Waals surface area (Å²) in [7, 11) is 1.98. The number of nitrogens with zero attached hydrogens (tertiary/aromatic N) is 2. The number of aromatic nitrogens is 2. The normalized spacial score (nSPS) is 23.1. The fourth-order valence-corrected chi connectivity index (χ4v) is 3.16. The Kier molecular flexibility index (Phi) is 2.97. The zero-order valence-electron chi connectivity index (χ0n) is 10.6. The molecule has 0 spiro atoms. The number of aryl methyl sites for hydroxylation is 1. The SMILES string of the molecule is Cn1c(C2CCC(C(=O)O)C2)nc2cc(Cl)ccc21. The molecule has 1 aliphatic rings. The number of benzene rings is 1. The van der Waals surface area contributed by atoms with Crippen LogP contribution in [0.15, 0.2) is 18.2 Å². The molecule has 3 rings (SSSR count). The lowest BCUT2D eigenvalue weighted by molar-refractivity contribution is -0.141. The maximum Gasteiger partial charge on any atom is 0.306 e. The highest BCUT2D eigenvalue weighted by Gasteiger charge is 2.33. The number of fused-ring (bicyclic) bond motifs is 1. The van der Waals surface area contributed by atoms with Gasteiger partial charge < -0.3 is 9.67 Å². The average Bonchev–Trinajstić information content (AvgIpc) is 2.94. The van der Waals surface area contributed by atoms with Gasteiger partial charge in [0.2, 0.25) is 0 Å². The highest BCUT2D eigenvalue weighted by molar-refractivity contribution is 6.31. The van der Waals surface area contributed by atoms with Crippen LogP contribution in [-0.4, -0.2) is 20.6 Å². The summed E-state index contributed by atoms with van der Waals surface area (Å²) in [5, 5.41) is 9.75.